The third-order valence-corrected chi connectivity index (χ3v) is 3.81. The van der Waals surface area contributed by atoms with Crippen LogP contribution in [0.4, 0.5) is 5.69 Å². The average Bonchev–Trinajstić information content (AvgIpc) is 2.43. The van der Waals surface area contributed by atoms with Gasteiger partial charge in [0.25, 0.3) is 0 Å². The molecule has 2 rings (SSSR count). The van der Waals surface area contributed by atoms with Crippen molar-refractivity contribution in [3.8, 4) is 5.75 Å². The first-order valence-corrected chi connectivity index (χ1v) is 7.28. The fraction of sp³-hybridized carbons (Fsp3) is 0.562. The molecule has 20 heavy (non-hydrogen) atoms. The maximum absolute atomic E-state index is 10.8. The van der Waals surface area contributed by atoms with Crippen molar-refractivity contribution in [3.05, 3.63) is 23.8 Å². The van der Waals surface area contributed by atoms with Crippen LogP contribution in [0.1, 0.15) is 32.8 Å². The zero-order valence-corrected chi connectivity index (χ0v) is 12.4. The molecule has 110 valence electrons. The fourth-order valence-electron chi connectivity index (χ4n) is 2.53. The number of ether oxygens (including phenoxy) is 1. The number of carbonyl (C=O) groups is 1. The van der Waals surface area contributed by atoms with E-state index >= 15 is 0 Å². The van der Waals surface area contributed by atoms with Gasteiger partial charge in [-0.05, 0) is 24.0 Å². The summed E-state index contributed by atoms with van der Waals surface area (Å²) in [5.41, 5.74) is 2.22. The predicted octanol–water partition coefficient (Wildman–Crippen LogP) is 2.95. The van der Waals surface area contributed by atoms with Crippen molar-refractivity contribution in [2.75, 3.05) is 18.0 Å². The number of anilines is 1. The van der Waals surface area contributed by atoms with E-state index in [-0.39, 0.29) is 12.5 Å². The number of hydrogen-bond donors (Lipinski definition) is 1. The lowest BCUT2D eigenvalue weighted by molar-refractivity contribution is -0.136. The third-order valence-electron chi connectivity index (χ3n) is 3.81. The van der Waals surface area contributed by atoms with Crippen molar-refractivity contribution in [1.82, 2.24) is 0 Å². The van der Waals surface area contributed by atoms with Crippen LogP contribution in [-0.4, -0.2) is 30.3 Å². The van der Waals surface area contributed by atoms with Crippen LogP contribution in [0.15, 0.2) is 18.2 Å². The van der Waals surface area contributed by atoms with E-state index in [1.807, 2.05) is 12.1 Å². The maximum Gasteiger partial charge on any atom is 0.305 e. The van der Waals surface area contributed by atoms with E-state index in [1.54, 1.807) is 0 Å². The molecule has 1 aromatic rings. The normalized spacial score (nSPS) is 17.8. The Morgan fingerprint density at radius 1 is 1.50 bits per heavy atom. The number of aliphatic carboxylic acids is 1. The van der Waals surface area contributed by atoms with Gasteiger partial charge in [-0.25, -0.2) is 0 Å². The number of para-hydroxylation sites is 1. The van der Waals surface area contributed by atoms with E-state index < -0.39 is 5.97 Å². The Hall–Kier alpha value is -1.71. The summed E-state index contributed by atoms with van der Waals surface area (Å²) in [4.78, 5) is 13.0. The van der Waals surface area contributed by atoms with Gasteiger partial charge in [-0.3, -0.25) is 4.79 Å². The summed E-state index contributed by atoms with van der Waals surface area (Å²) < 4.78 is 6.16. The fourth-order valence-corrected chi connectivity index (χ4v) is 2.53. The molecular weight excluding hydrogens is 254 g/mol. The number of aryl methyl sites for hydroxylation is 1. The Balaban J connectivity index is 2.31. The Kier molecular flexibility index (Phi) is 4.53. The van der Waals surface area contributed by atoms with E-state index in [0.717, 1.165) is 24.4 Å². The number of fused-ring (bicyclic) bond motifs is 1. The monoisotopic (exact) mass is 277 g/mol. The van der Waals surface area contributed by atoms with Gasteiger partial charge in [0.1, 0.15) is 11.9 Å². The van der Waals surface area contributed by atoms with Crippen LogP contribution in [-0.2, 0) is 11.2 Å². The van der Waals surface area contributed by atoms with Crippen molar-refractivity contribution in [3.63, 3.8) is 0 Å². The van der Waals surface area contributed by atoms with Crippen LogP contribution in [0.25, 0.3) is 0 Å². The van der Waals surface area contributed by atoms with Crippen molar-refractivity contribution in [1.29, 1.82) is 0 Å². The van der Waals surface area contributed by atoms with Gasteiger partial charge in [0.05, 0.1) is 18.7 Å². The lowest BCUT2D eigenvalue weighted by atomic mass is 10.0. The molecule has 1 aliphatic rings. The van der Waals surface area contributed by atoms with Crippen LogP contribution < -0.4 is 9.64 Å². The van der Waals surface area contributed by atoms with Gasteiger partial charge in [-0.2, -0.15) is 0 Å². The number of benzene rings is 1. The SMILES string of the molecule is CCc1cccc2c1OC(C(C)C)CN2CCC(=O)O. The second-order valence-corrected chi connectivity index (χ2v) is 5.61. The lowest BCUT2D eigenvalue weighted by Gasteiger charge is -2.38. The van der Waals surface area contributed by atoms with Crippen molar-refractivity contribution >= 4 is 11.7 Å². The zero-order chi connectivity index (χ0) is 14.7. The van der Waals surface area contributed by atoms with Gasteiger partial charge in [-0.15, -0.1) is 0 Å². The Morgan fingerprint density at radius 2 is 2.25 bits per heavy atom. The molecule has 0 spiro atoms. The highest BCUT2D eigenvalue weighted by molar-refractivity contribution is 5.69. The summed E-state index contributed by atoms with van der Waals surface area (Å²) >= 11 is 0. The molecule has 0 bridgehead atoms. The molecule has 4 heteroatoms. The summed E-state index contributed by atoms with van der Waals surface area (Å²) in [6.45, 7) is 7.67. The van der Waals surface area contributed by atoms with Crippen LogP contribution >= 0.6 is 0 Å². The Morgan fingerprint density at radius 3 is 2.85 bits per heavy atom. The zero-order valence-electron chi connectivity index (χ0n) is 12.4. The first-order chi connectivity index (χ1) is 9.52. The molecule has 0 radical (unpaired) electrons. The number of rotatable bonds is 5. The van der Waals surface area contributed by atoms with Gasteiger partial charge < -0.3 is 14.7 Å². The molecule has 1 unspecified atom stereocenters. The van der Waals surface area contributed by atoms with Crippen LogP contribution in [0, 0.1) is 5.92 Å². The predicted molar refractivity (Wildman–Crippen MR) is 79.5 cm³/mol. The first kappa shape index (κ1) is 14.7. The van der Waals surface area contributed by atoms with Gasteiger partial charge in [0.15, 0.2) is 0 Å². The van der Waals surface area contributed by atoms with Crippen LogP contribution in [0.5, 0.6) is 5.75 Å². The topological polar surface area (TPSA) is 49.8 Å². The van der Waals surface area contributed by atoms with Gasteiger partial charge in [0.2, 0.25) is 0 Å². The third kappa shape index (κ3) is 3.06. The van der Waals surface area contributed by atoms with Crippen molar-refractivity contribution < 1.29 is 14.6 Å². The van der Waals surface area contributed by atoms with E-state index in [4.69, 9.17) is 9.84 Å². The molecule has 0 saturated heterocycles. The number of nitrogens with zero attached hydrogens (tertiary/aromatic N) is 1. The maximum atomic E-state index is 10.8. The molecular formula is C16H23NO3. The molecule has 0 fully saturated rings. The molecule has 1 aromatic carbocycles. The standard InChI is InChI=1S/C16H23NO3/c1-4-12-6-5-7-13-16(12)20-14(11(2)3)10-17(13)9-8-15(18)19/h5-7,11,14H,4,8-10H2,1-3H3,(H,18,19). The number of hydrogen-bond acceptors (Lipinski definition) is 3. The van der Waals surface area contributed by atoms with E-state index in [0.29, 0.717) is 12.5 Å². The van der Waals surface area contributed by atoms with Gasteiger partial charge in [-0.1, -0.05) is 32.9 Å². The number of carboxylic acid groups (broad SMARTS) is 1. The minimum Gasteiger partial charge on any atom is -0.486 e. The molecule has 0 saturated carbocycles. The summed E-state index contributed by atoms with van der Waals surface area (Å²) in [6.07, 6.45) is 1.19. The quantitative estimate of drug-likeness (QED) is 0.899. The molecule has 1 heterocycles. The van der Waals surface area contributed by atoms with E-state index in [1.165, 1.54) is 5.56 Å². The average molecular weight is 277 g/mol. The second kappa shape index (κ2) is 6.16. The molecule has 4 nitrogen and oxygen atoms in total. The van der Waals surface area contributed by atoms with Crippen LogP contribution in [0.2, 0.25) is 0 Å². The highest BCUT2D eigenvalue weighted by Gasteiger charge is 2.29. The van der Waals surface area contributed by atoms with E-state index in [2.05, 4.69) is 31.7 Å². The summed E-state index contributed by atoms with van der Waals surface area (Å²) in [5.74, 6) is 0.580. The minimum atomic E-state index is -0.759. The highest BCUT2D eigenvalue weighted by atomic mass is 16.5. The summed E-state index contributed by atoms with van der Waals surface area (Å²) in [6, 6.07) is 6.12. The van der Waals surface area contributed by atoms with Gasteiger partial charge >= 0.3 is 5.97 Å². The first-order valence-electron chi connectivity index (χ1n) is 7.28. The van der Waals surface area contributed by atoms with E-state index in [9.17, 15) is 4.79 Å². The molecule has 0 amide bonds. The molecule has 1 N–H and O–H groups in total. The second-order valence-electron chi connectivity index (χ2n) is 5.61. The van der Waals surface area contributed by atoms with Crippen LogP contribution in [0.3, 0.4) is 0 Å². The summed E-state index contributed by atoms with van der Waals surface area (Å²) in [7, 11) is 0. The smallest absolute Gasteiger partial charge is 0.305 e. The molecule has 0 aliphatic carbocycles. The Bertz CT molecular complexity index is 485. The molecule has 0 aromatic heterocycles. The minimum absolute atomic E-state index is 0.115. The van der Waals surface area contributed by atoms with Crippen molar-refractivity contribution in [2.24, 2.45) is 5.92 Å². The molecule has 1 aliphatic heterocycles. The number of carboxylic acids is 1. The largest absolute Gasteiger partial charge is 0.486 e. The van der Waals surface area contributed by atoms with Crippen molar-refractivity contribution in [2.45, 2.75) is 39.7 Å². The van der Waals surface area contributed by atoms with Gasteiger partial charge in [0, 0.05) is 6.54 Å². The summed E-state index contributed by atoms with van der Waals surface area (Å²) in [5, 5.41) is 8.91. The molecule has 1 atom stereocenters. The highest BCUT2D eigenvalue weighted by Crippen LogP contribution is 2.38. The lowest BCUT2D eigenvalue weighted by Crippen LogP contribution is -2.43. The Labute approximate surface area is 120 Å².